The smallest absolute Gasteiger partial charge is 0.0616 e. The second-order valence-electron chi connectivity index (χ2n) is 7.88. The molecule has 2 nitrogen and oxygen atoms in total. The van der Waals surface area contributed by atoms with Crippen LogP contribution in [0.5, 0.6) is 0 Å². The first-order valence-electron chi connectivity index (χ1n) is 9.22. The summed E-state index contributed by atoms with van der Waals surface area (Å²) in [4.78, 5) is 0. The molecule has 2 N–H and O–H groups in total. The van der Waals surface area contributed by atoms with E-state index in [1.54, 1.807) is 0 Å². The molecule has 3 rings (SSSR count). The van der Waals surface area contributed by atoms with E-state index in [1.807, 2.05) is 0 Å². The van der Waals surface area contributed by atoms with Crippen LogP contribution in [0.4, 0.5) is 0 Å². The predicted octanol–water partition coefficient (Wildman–Crippen LogP) is 3.97. The lowest BCUT2D eigenvalue weighted by Crippen LogP contribution is -2.52. The van der Waals surface area contributed by atoms with Gasteiger partial charge < -0.3 is 10.4 Å². The SMILES string of the molecule is CC1CCCC(SCCC2CCCC2(CO)NC2CC2)C1. The highest BCUT2D eigenvalue weighted by Gasteiger charge is 2.44. The Morgan fingerprint density at radius 3 is 2.71 bits per heavy atom. The number of hydrogen-bond donors (Lipinski definition) is 2. The van der Waals surface area contributed by atoms with Gasteiger partial charge in [0, 0.05) is 16.8 Å². The molecule has 0 heterocycles. The Morgan fingerprint density at radius 1 is 1.14 bits per heavy atom. The minimum absolute atomic E-state index is 0.0710. The van der Waals surface area contributed by atoms with E-state index < -0.39 is 0 Å². The maximum Gasteiger partial charge on any atom is 0.0616 e. The molecule has 0 radical (unpaired) electrons. The number of nitrogens with one attached hydrogen (secondary N) is 1. The van der Waals surface area contributed by atoms with Crippen molar-refractivity contribution in [1.82, 2.24) is 5.32 Å². The molecular weight excluding hydrogens is 278 g/mol. The lowest BCUT2D eigenvalue weighted by molar-refractivity contribution is 0.120. The van der Waals surface area contributed by atoms with Crippen LogP contribution in [0.1, 0.15) is 71.1 Å². The summed E-state index contributed by atoms with van der Waals surface area (Å²) < 4.78 is 0. The zero-order valence-corrected chi connectivity index (χ0v) is 14.5. The van der Waals surface area contributed by atoms with Crippen LogP contribution in [0.2, 0.25) is 0 Å². The maximum atomic E-state index is 9.98. The summed E-state index contributed by atoms with van der Waals surface area (Å²) in [6, 6.07) is 0.713. The van der Waals surface area contributed by atoms with Crippen molar-refractivity contribution in [3.05, 3.63) is 0 Å². The summed E-state index contributed by atoms with van der Waals surface area (Å²) in [5.41, 5.74) is 0.0710. The van der Waals surface area contributed by atoms with Gasteiger partial charge in [0.1, 0.15) is 0 Å². The Bertz CT molecular complexity index is 333. The van der Waals surface area contributed by atoms with E-state index in [0.717, 1.165) is 11.2 Å². The van der Waals surface area contributed by atoms with E-state index in [2.05, 4.69) is 24.0 Å². The van der Waals surface area contributed by atoms with Crippen molar-refractivity contribution in [3.63, 3.8) is 0 Å². The van der Waals surface area contributed by atoms with Gasteiger partial charge in [-0.3, -0.25) is 0 Å². The number of hydrogen-bond acceptors (Lipinski definition) is 3. The number of rotatable bonds is 7. The molecular formula is C18H33NOS. The van der Waals surface area contributed by atoms with Crippen LogP contribution < -0.4 is 5.32 Å². The summed E-state index contributed by atoms with van der Waals surface area (Å²) in [5.74, 6) is 2.95. The zero-order chi connectivity index (χ0) is 14.7. The third-order valence-corrected chi connectivity index (χ3v) is 7.39. The van der Waals surface area contributed by atoms with Crippen molar-refractivity contribution in [1.29, 1.82) is 0 Å². The molecule has 21 heavy (non-hydrogen) atoms. The van der Waals surface area contributed by atoms with Crippen molar-refractivity contribution >= 4 is 11.8 Å². The first kappa shape index (κ1) is 16.1. The van der Waals surface area contributed by atoms with Gasteiger partial charge in [0.2, 0.25) is 0 Å². The molecule has 3 saturated carbocycles. The fourth-order valence-corrected chi connectivity index (χ4v) is 6.10. The van der Waals surface area contributed by atoms with Gasteiger partial charge in [-0.05, 0) is 62.5 Å². The van der Waals surface area contributed by atoms with Crippen LogP contribution >= 0.6 is 11.8 Å². The van der Waals surface area contributed by atoms with Gasteiger partial charge in [-0.2, -0.15) is 11.8 Å². The van der Waals surface area contributed by atoms with E-state index in [-0.39, 0.29) is 5.54 Å². The molecule has 3 fully saturated rings. The van der Waals surface area contributed by atoms with Gasteiger partial charge in [0.15, 0.2) is 0 Å². The molecule has 0 aromatic rings. The van der Waals surface area contributed by atoms with Gasteiger partial charge in [-0.25, -0.2) is 0 Å². The standard InChI is InChI=1S/C18H33NOS/c1-14-4-2-6-17(12-14)21-11-9-15-5-3-10-18(15,13-20)19-16-7-8-16/h14-17,19-20H,2-13H2,1H3. The normalized spacial score (nSPS) is 40.6. The summed E-state index contributed by atoms with van der Waals surface area (Å²) in [5, 5.41) is 14.7. The molecule has 0 aliphatic heterocycles. The van der Waals surface area contributed by atoms with E-state index in [4.69, 9.17) is 0 Å². The molecule has 3 aliphatic rings. The number of aliphatic hydroxyl groups excluding tert-OH is 1. The summed E-state index contributed by atoms with van der Waals surface area (Å²) in [6.07, 6.45) is 13.5. The van der Waals surface area contributed by atoms with Gasteiger partial charge in [0.25, 0.3) is 0 Å². The molecule has 3 aliphatic carbocycles. The average Bonchev–Trinajstić information content (AvgIpc) is 3.20. The molecule has 122 valence electrons. The first-order valence-corrected chi connectivity index (χ1v) is 10.3. The highest BCUT2D eigenvalue weighted by atomic mass is 32.2. The van der Waals surface area contributed by atoms with E-state index in [0.29, 0.717) is 18.6 Å². The Morgan fingerprint density at radius 2 is 2.00 bits per heavy atom. The van der Waals surface area contributed by atoms with Crippen molar-refractivity contribution in [2.24, 2.45) is 11.8 Å². The van der Waals surface area contributed by atoms with E-state index in [1.165, 1.54) is 70.0 Å². The van der Waals surface area contributed by atoms with Crippen LogP contribution in [0.15, 0.2) is 0 Å². The largest absolute Gasteiger partial charge is 0.394 e. The van der Waals surface area contributed by atoms with E-state index in [9.17, 15) is 5.11 Å². The topological polar surface area (TPSA) is 32.3 Å². The predicted molar refractivity (Wildman–Crippen MR) is 91.8 cm³/mol. The second kappa shape index (κ2) is 7.23. The minimum Gasteiger partial charge on any atom is -0.394 e. The Labute approximate surface area is 134 Å². The summed E-state index contributed by atoms with van der Waals surface area (Å²) >= 11 is 2.22. The lowest BCUT2D eigenvalue weighted by Gasteiger charge is -2.36. The van der Waals surface area contributed by atoms with Crippen molar-refractivity contribution in [2.75, 3.05) is 12.4 Å². The number of aliphatic hydroxyl groups is 1. The highest BCUT2D eigenvalue weighted by Crippen LogP contribution is 2.41. The van der Waals surface area contributed by atoms with Crippen molar-refractivity contribution in [2.45, 2.75) is 88.0 Å². The number of thioether (sulfide) groups is 1. The van der Waals surface area contributed by atoms with Gasteiger partial charge in [-0.15, -0.1) is 0 Å². The van der Waals surface area contributed by atoms with Crippen LogP contribution in [0.25, 0.3) is 0 Å². The molecule has 0 amide bonds. The summed E-state index contributed by atoms with van der Waals surface area (Å²) in [7, 11) is 0. The molecule has 0 spiro atoms. The molecule has 0 aromatic heterocycles. The quantitative estimate of drug-likeness (QED) is 0.746. The Hall–Kier alpha value is 0.270. The third-order valence-electron chi connectivity index (χ3n) is 6.02. The molecule has 0 bridgehead atoms. The first-order chi connectivity index (χ1) is 10.2. The minimum atomic E-state index is 0.0710. The Kier molecular flexibility index (Phi) is 5.55. The van der Waals surface area contributed by atoms with Gasteiger partial charge >= 0.3 is 0 Å². The maximum absolute atomic E-state index is 9.98. The molecule has 4 atom stereocenters. The van der Waals surface area contributed by atoms with Crippen molar-refractivity contribution < 1.29 is 5.11 Å². The summed E-state index contributed by atoms with van der Waals surface area (Å²) in [6.45, 7) is 2.76. The van der Waals surface area contributed by atoms with Crippen LogP contribution in [-0.2, 0) is 0 Å². The molecule has 3 heteroatoms. The lowest BCUT2D eigenvalue weighted by atomic mass is 9.85. The monoisotopic (exact) mass is 311 g/mol. The fourth-order valence-electron chi connectivity index (χ4n) is 4.55. The fraction of sp³-hybridized carbons (Fsp3) is 1.00. The molecule has 4 unspecified atom stereocenters. The van der Waals surface area contributed by atoms with Crippen LogP contribution in [-0.4, -0.2) is 34.3 Å². The third kappa shape index (κ3) is 4.17. The van der Waals surface area contributed by atoms with Gasteiger partial charge in [0.05, 0.1) is 6.61 Å². The average molecular weight is 312 g/mol. The van der Waals surface area contributed by atoms with Gasteiger partial charge in [-0.1, -0.05) is 26.2 Å². The molecule has 0 saturated heterocycles. The molecule has 0 aromatic carbocycles. The van der Waals surface area contributed by atoms with Crippen LogP contribution in [0.3, 0.4) is 0 Å². The second-order valence-corrected chi connectivity index (χ2v) is 9.28. The highest BCUT2D eigenvalue weighted by molar-refractivity contribution is 7.99. The van der Waals surface area contributed by atoms with Crippen LogP contribution in [0, 0.1) is 11.8 Å². The Balaban J connectivity index is 1.44. The van der Waals surface area contributed by atoms with Crippen molar-refractivity contribution in [3.8, 4) is 0 Å². The van der Waals surface area contributed by atoms with E-state index >= 15 is 0 Å². The zero-order valence-electron chi connectivity index (χ0n) is 13.7.